The van der Waals surface area contributed by atoms with Gasteiger partial charge in [-0.25, -0.2) is 0 Å². The van der Waals surface area contributed by atoms with E-state index < -0.39 is 35.0 Å². The lowest BCUT2D eigenvalue weighted by Crippen LogP contribution is -2.39. The summed E-state index contributed by atoms with van der Waals surface area (Å²) in [5.41, 5.74) is 4.76. The molecule has 1 atom stereocenters. The van der Waals surface area contributed by atoms with Gasteiger partial charge in [-0.05, 0) is 19.8 Å². The highest BCUT2D eigenvalue weighted by atomic mass is 16.4. The number of aliphatic hydroxyl groups excluding tert-OH is 1. The third-order valence-corrected chi connectivity index (χ3v) is 3.13. The fraction of sp³-hybridized carbons (Fsp3) is 0.538. The van der Waals surface area contributed by atoms with E-state index in [1.807, 2.05) is 13.8 Å². The molecule has 112 valence electrons. The number of nitrogens with two attached hydrogens (primary N) is 1. The minimum absolute atomic E-state index is 0.0878. The summed E-state index contributed by atoms with van der Waals surface area (Å²) in [7, 11) is 0. The topological polar surface area (TPSA) is 126 Å². The fourth-order valence-corrected chi connectivity index (χ4v) is 1.49. The molecule has 0 aliphatic heterocycles. The van der Waals surface area contributed by atoms with Crippen molar-refractivity contribution < 1.29 is 19.4 Å². The number of rotatable bonds is 6. The highest BCUT2D eigenvalue weighted by molar-refractivity contribution is 5.93. The van der Waals surface area contributed by atoms with E-state index in [0.29, 0.717) is 6.42 Å². The van der Waals surface area contributed by atoms with Crippen LogP contribution in [0.25, 0.3) is 0 Å². The molecule has 20 heavy (non-hydrogen) atoms. The van der Waals surface area contributed by atoms with Crippen molar-refractivity contribution in [3.05, 3.63) is 27.8 Å². The zero-order chi connectivity index (χ0) is 15.3. The number of nitrogens with one attached hydrogen (secondary N) is 1. The van der Waals surface area contributed by atoms with Crippen molar-refractivity contribution in [2.45, 2.75) is 38.8 Å². The van der Waals surface area contributed by atoms with Crippen LogP contribution in [0.1, 0.15) is 43.0 Å². The molecule has 1 amide bonds. The molecule has 0 fully saturated rings. The Morgan fingerprint density at radius 1 is 1.55 bits per heavy atom. The third-order valence-electron chi connectivity index (χ3n) is 3.13. The van der Waals surface area contributed by atoms with Crippen molar-refractivity contribution in [1.29, 1.82) is 0 Å². The summed E-state index contributed by atoms with van der Waals surface area (Å²) in [4.78, 5) is 23.2. The molecular formula is C13H20N2O5. The predicted octanol–water partition coefficient (Wildman–Crippen LogP) is 0.0850. The van der Waals surface area contributed by atoms with Crippen LogP contribution < -0.4 is 16.5 Å². The van der Waals surface area contributed by atoms with Crippen LogP contribution in [0.5, 0.6) is 5.75 Å². The molecule has 1 unspecified atom stereocenters. The Morgan fingerprint density at radius 2 is 2.20 bits per heavy atom. The minimum Gasteiger partial charge on any atom is -0.501 e. The molecule has 0 saturated heterocycles. The summed E-state index contributed by atoms with van der Waals surface area (Å²) < 4.78 is 4.97. The van der Waals surface area contributed by atoms with Crippen LogP contribution in [0, 0.1) is 0 Å². The quantitative estimate of drug-likeness (QED) is 0.586. The lowest BCUT2D eigenvalue weighted by molar-refractivity contribution is 0.0908. The molecule has 1 heterocycles. The average Bonchev–Trinajstić information content (AvgIpc) is 2.41. The Bertz CT molecular complexity index is 536. The second kappa shape index (κ2) is 6.53. The van der Waals surface area contributed by atoms with E-state index in [1.165, 1.54) is 0 Å². The molecule has 7 heteroatoms. The summed E-state index contributed by atoms with van der Waals surface area (Å²) in [5, 5.41) is 20.9. The number of carbonyl (C=O) groups is 1. The average molecular weight is 284 g/mol. The van der Waals surface area contributed by atoms with E-state index in [-0.39, 0.29) is 12.3 Å². The standard InChI is InChI=1S/C13H20N2O5/c1-3-13(2,14)4-5-15-12(19)11-10(18)9(17)6-8(7-16)20-11/h6,16,18H,3-5,7,14H2,1-2H3,(H,15,19). The first-order valence-electron chi connectivity index (χ1n) is 6.34. The van der Waals surface area contributed by atoms with Gasteiger partial charge in [-0.2, -0.15) is 0 Å². The summed E-state index contributed by atoms with van der Waals surface area (Å²) in [5.74, 6) is -2.08. The van der Waals surface area contributed by atoms with Crippen LogP contribution in [0.15, 0.2) is 15.3 Å². The number of carbonyl (C=O) groups excluding carboxylic acids is 1. The molecule has 0 aliphatic rings. The zero-order valence-corrected chi connectivity index (χ0v) is 11.6. The molecule has 0 saturated carbocycles. The molecule has 5 N–H and O–H groups in total. The Labute approximate surface area is 116 Å². The van der Waals surface area contributed by atoms with Crippen molar-refractivity contribution >= 4 is 5.91 Å². The fourth-order valence-electron chi connectivity index (χ4n) is 1.49. The van der Waals surface area contributed by atoms with Gasteiger partial charge in [-0.15, -0.1) is 0 Å². The van der Waals surface area contributed by atoms with Crippen LogP contribution in [0.4, 0.5) is 0 Å². The van der Waals surface area contributed by atoms with Gasteiger partial charge < -0.3 is 25.7 Å². The second-order valence-corrected chi connectivity index (χ2v) is 4.93. The maximum atomic E-state index is 11.8. The van der Waals surface area contributed by atoms with Crippen LogP contribution in [-0.2, 0) is 6.61 Å². The molecule has 0 bridgehead atoms. The smallest absolute Gasteiger partial charge is 0.291 e. The lowest BCUT2D eigenvalue weighted by atomic mass is 9.96. The molecule has 0 radical (unpaired) electrons. The van der Waals surface area contributed by atoms with Gasteiger partial charge in [0.15, 0.2) is 0 Å². The molecule has 0 aromatic carbocycles. The van der Waals surface area contributed by atoms with E-state index in [1.54, 1.807) is 0 Å². The third kappa shape index (κ3) is 4.07. The first kappa shape index (κ1) is 16.2. The number of aliphatic hydroxyl groups is 1. The number of amides is 1. The molecule has 7 nitrogen and oxygen atoms in total. The van der Waals surface area contributed by atoms with E-state index in [2.05, 4.69) is 5.32 Å². The van der Waals surface area contributed by atoms with Crippen LogP contribution in [0.3, 0.4) is 0 Å². The molecule has 1 rings (SSSR count). The van der Waals surface area contributed by atoms with E-state index in [9.17, 15) is 14.7 Å². The number of hydrogen-bond acceptors (Lipinski definition) is 6. The molecule has 1 aromatic rings. The number of hydrogen-bond donors (Lipinski definition) is 4. The van der Waals surface area contributed by atoms with Crippen molar-refractivity contribution in [3.63, 3.8) is 0 Å². The van der Waals surface area contributed by atoms with Crippen molar-refractivity contribution in [1.82, 2.24) is 5.32 Å². The van der Waals surface area contributed by atoms with Crippen LogP contribution in [-0.4, -0.2) is 28.2 Å². The summed E-state index contributed by atoms with van der Waals surface area (Å²) in [6.45, 7) is 3.55. The maximum Gasteiger partial charge on any atom is 0.291 e. The molecule has 0 spiro atoms. The maximum absolute atomic E-state index is 11.8. The van der Waals surface area contributed by atoms with Crippen LogP contribution in [0.2, 0.25) is 0 Å². The Hall–Kier alpha value is -1.86. The van der Waals surface area contributed by atoms with Crippen molar-refractivity contribution in [2.24, 2.45) is 5.73 Å². The first-order chi connectivity index (χ1) is 9.30. The van der Waals surface area contributed by atoms with Gasteiger partial charge in [0.25, 0.3) is 5.91 Å². The Kier molecular flexibility index (Phi) is 5.29. The van der Waals surface area contributed by atoms with Crippen molar-refractivity contribution in [3.8, 4) is 5.75 Å². The van der Waals surface area contributed by atoms with E-state index >= 15 is 0 Å². The van der Waals surface area contributed by atoms with Gasteiger partial charge in [0.2, 0.25) is 16.9 Å². The second-order valence-electron chi connectivity index (χ2n) is 4.93. The monoisotopic (exact) mass is 284 g/mol. The number of aromatic hydroxyl groups is 1. The minimum atomic E-state index is -0.775. The summed E-state index contributed by atoms with van der Waals surface area (Å²) >= 11 is 0. The van der Waals surface area contributed by atoms with Crippen molar-refractivity contribution in [2.75, 3.05) is 6.54 Å². The highest BCUT2D eigenvalue weighted by Crippen LogP contribution is 2.14. The lowest BCUT2D eigenvalue weighted by Gasteiger charge is -2.22. The Morgan fingerprint density at radius 3 is 2.75 bits per heavy atom. The normalized spacial score (nSPS) is 13.8. The van der Waals surface area contributed by atoms with Gasteiger partial charge in [0.05, 0.1) is 0 Å². The molecular weight excluding hydrogens is 264 g/mol. The molecule has 0 aliphatic carbocycles. The summed E-state index contributed by atoms with van der Waals surface area (Å²) in [6.07, 6.45) is 1.29. The summed E-state index contributed by atoms with van der Waals surface area (Å²) in [6, 6.07) is 0.931. The predicted molar refractivity (Wildman–Crippen MR) is 72.4 cm³/mol. The van der Waals surface area contributed by atoms with Crippen LogP contribution >= 0.6 is 0 Å². The SMILES string of the molecule is CCC(C)(N)CCNC(=O)c1oc(CO)cc(=O)c1O. The van der Waals surface area contributed by atoms with E-state index in [4.69, 9.17) is 15.3 Å². The largest absolute Gasteiger partial charge is 0.501 e. The first-order valence-corrected chi connectivity index (χ1v) is 6.34. The zero-order valence-electron chi connectivity index (χ0n) is 11.6. The molecule has 1 aromatic heterocycles. The Balaban J connectivity index is 2.78. The van der Waals surface area contributed by atoms with Gasteiger partial charge in [-0.1, -0.05) is 6.92 Å². The van der Waals surface area contributed by atoms with Gasteiger partial charge in [0, 0.05) is 18.2 Å². The van der Waals surface area contributed by atoms with E-state index in [0.717, 1.165) is 12.5 Å². The van der Waals surface area contributed by atoms with Gasteiger partial charge in [-0.3, -0.25) is 9.59 Å². The highest BCUT2D eigenvalue weighted by Gasteiger charge is 2.20. The van der Waals surface area contributed by atoms with Gasteiger partial charge >= 0.3 is 0 Å². The van der Waals surface area contributed by atoms with Gasteiger partial charge in [0.1, 0.15) is 12.4 Å².